The van der Waals surface area contributed by atoms with E-state index in [4.69, 9.17) is 50.8 Å². The summed E-state index contributed by atoms with van der Waals surface area (Å²) in [7, 11) is 0. The van der Waals surface area contributed by atoms with Gasteiger partial charge in [0.05, 0.1) is 31.5 Å². The van der Waals surface area contributed by atoms with Gasteiger partial charge in [-0.25, -0.2) is 10.9 Å². The molecule has 33 heavy (non-hydrogen) atoms. The van der Waals surface area contributed by atoms with Gasteiger partial charge >= 0.3 is 11.8 Å². The van der Waals surface area contributed by atoms with E-state index in [9.17, 15) is 9.59 Å². The van der Waals surface area contributed by atoms with Gasteiger partial charge in [-0.05, 0) is 61.4 Å². The largest absolute Gasteiger partial charge is 0.446 e. The third kappa shape index (κ3) is 6.36. The second-order valence-corrected chi connectivity index (χ2v) is 8.33. The first-order chi connectivity index (χ1) is 15.7. The Morgan fingerprint density at radius 1 is 0.667 bits per heavy atom. The molecule has 2 aromatic carbocycles. The topological polar surface area (TPSA) is 96.1 Å². The average Bonchev–Trinajstić information content (AvgIpc) is 3.29. The molecule has 2 amide bonds. The van der Waals surface area contributed by atoms with Crippen molar-refractivity contribution < 1.29 is 14.0 Å². The fourth-order valence-corrected chi connectivity index (χ4v) is 3.13. The summed E-state index contributed by atoms with van der Waals surface area (Å²) in [5.74, 6) is -1.47. The number of rotatable bonds is 6. The van der Waals surface area contributed by atoms with Crippen LogP contribution >= 0.6 is 46.4 Å². The lowest BCUT2D eigenvalue weighted by Crippen LogP contribution is -2.20. The van der Waals surface area contributed by atoms with Gasteiger partial charge in [0.2, 0.25) is 0 Å². The van der Waals surface area contributed by atoms with E-state index >= 15 is 0 Å². The summed E-state index contributed by atoms with van der Waals surface area (Å²) in [5, 5.41) is 9.59. The van der Waals surface area contributed by atoms with Crippen molar-refractivity contribution in [3.8, 4) is 0 Å². The summed E-state index contributed by atoms with van der Waals surface area (Å²) in [6, 6.07) is 12.7. The van der Waals surface area contributed by atoms with Crippen molar-refractivity contribution in [2.45, 2.75) is 13.8 Å². The van der Waals surface area contributed by atoms with Gasteiger partial charge < -0.3 is 4.42 Å². The van der Waals surface area contributed by atoms with Gasteiger partial charge in [0, 0.05) is 0 Å². The van der Waals surface area contributed by atoms with Gasteiger partial charge in [-0.15, -0.1) is 0 Å². The summed E-state index contributed by atoms with van der Waals surface area (Å²) in [4.78, 5) is 24.6. The van der Waals surface area contributed by atoms with E-state index in [2.05, 4.69) is 21.1 Å². The van der Waals surface area contributed by atoms with Crippen molar-refractivity contribution >= 4 is 69.6 Å². The number of halogens is 4. The number of furan rings is 1. The van der Waals surface area contributed by atoms with Gasteiger partial charge in [-0.3, -0.25) is 9.59 Å². The van der Waals surface area contributed by atoms with Crippen molar-refractivity contribution in [2.24, 2.45) is 10.2 Å². The number of hydrogen-bond acceptors (Lipinski definition) is 5. The van der Waals surface area contributed by atoms with Crippen LogP contribution in [0.25, 0.3) is 0 Å². The number of carbonyl (C=O) groups is 2. The molecule has 2 N–H and O–H groups in total. The van der Waals surface area contributed by atoms with E-state index in [1.54, 1.807) is 50.2 Å². The summed E-state index contributed by atoms with van der Waals surface area (Å²) in [6.07, 6.45) is 0. The summed E-state index contributed by atoms with van der Waals surface area (Å²) >= 11 is 23.8. The Balaban J connectivity index is 1.63. The van der Waals surface area contributed by atoms with Gasteiger partial charge in [-0.2, -0.15) is 10.2 Å². The predicted octanol–water partition coefficient (Wildman–Crippen LogP) is 6.20. The highest BCUT2D eigenvalue weighted by Gasteiger charge is 2.16. The molecular weight excluding hydrogens is 510 g/mol. The lowest BCUT2D eigenvalue weighted by Gasteiger charge is -2.04. The Labute approximate surface area is 209 Å². The minimum atomic E-state index is -0.635. The number of hydrazone groups is 2. The van der Waals surface area contributed by atoms with Crippen LogP contribution in [0.4, 0.5) is 0 Å². The maximum atomic E-state index is 12.3. The Morgan fingerprint density at radius 2 is 1.06 bits per heavy atom. The minimum absolute atomic E-state index is 0.101. The van der Waals surface area contributed by atoms with Crippen LogP contribution in [0.3, 0.4) is 0 Å². The second-order valence-electron chi connectivity index (χ2n) is 6.70. The third-order valence-electron chi connectivity index (χ3n) is 4.38. The fourth-order valence-electron chi connectivity index (χ4n) is 2.53. The van der Waals surface area contributed by atoms with Crippen molar-refractivity contribution in [1.29, 1.82) is 0 Å². The summed E-state index contributed by atoms with van der Waals surface area (Å²) in [5.41, 5.74) is 7.08. The Bertz CT molecular complexity index is 1190. The van der Waals surface area contributed by atoms with Crippen LogP contribution in [0.5, 0.6) is 0 Å². The first kappa shape index (κ1) is 24.8. The van der Waals surface area contributed by atoms with Crippen molar-refractivity contribution in [2.75, 3.05) is 0 Å². The zero-order valence-electron chi connectivity index (χ0n) is 17.2. The van der Waals surface area contributed by atoms with Gasteiger partial charge in [0.15, 0.2) is 11.5 Å². The maximum absolute atomic E-state index is 12.3. The molecule has 0 spiro atoms. The van der Waals surface area contributed by atoms with Gasteiger partial charge in [-0.1, -0.05) is 58.5 Å². The van der Waals surface area contributed by atoms with E-state index in [-0.39, 0.29) is 11.5 Å². The molecule has 1 heterocycles. The van der Waals surface area contributed by atoms with Crippen LogP contribution in [-0.4, -0.2) is 23.2 Å². The molecule has 0 unspecified atom stereocenters. The standard InChI is InChI=1S/C22H16Cl4N4O3/c1-11(13-3-5-15(23)17(25)9-13)27-29-21(31)19-7-8-20(33-19)22(32)30-28-12(2)14-4-6-16(24)18(26)10-14/h3-10H,1-2H3,(H,29,31)(H,30,32). The normalized spacial score (nSPS) is 11.9. The number of nitrogens with one attached hydrogen (secondary N) is 2. The lowest BCUT2D eigenvalue weighted by atomic mass is 10.1. The monoisotopic (exact) mass is 524 g/mol. The zero-order valence-corrected chi connectivity index (χ0v) is 20.3. The first-order valence-corrected chi connectivity index (χ1v) is 10.9. The van der Waals surface area contributed by atoms with Crippen LogP contribution in [-0.2, 0) is 0 Å². The molecule has 3 rings (SSSR count). The lowest BCUT2D eigenvalue weighted by molar-refractivity contribution is 0.0902. The molecule has 0 aliphatic carbocycles. The first-order valence-electron chi connectivity index (χ1n) is 9.35. The van der Waals surface area contributed by atoms with Gasteiger partial charge in [0.25, 0.3) is 0 Å². The van der Waals surface area contributed by atoms with Crippen LogP contribution < -0.4 is 10.9 Å². The highest BCUT2D eigenvalue weighted by Crippen LogP contribution is 2.23. The molecule has 0 radical (unpaired) electrons. The SMILES string of the molecule is CC(=NNC(=O)c1ccc(C(=O)NN=C(C)c2ccc(Cl)c(Cl)c2)o1)c1ccc(Cl)c(Cl)c1. The van der Waals surface area contributed by atoms with Crippen molar-refractivity contribution in [3.63, 3.8) is 0 Å². The number of hydrogen-bond donors (Lipinski definition) is 2. The molecule has 3 aromatic rings. The smallest absolute Gasteiger partial charge is 0.307 e. The van der Waals surface area contributed by atoms with Crippen molar-refractivity contribution in [3.05, 3.63) is 91.3 Å². The number of amides is 2. The van der Waals surface area contributed by atoms with Crippen LogP contribution in [0.1, 0.15) is 46.1 Å². The maximum Gasteiger partial charge on any atom is 0.307 e. The molecule has 0 fully saturated rings. The number of nitrogens with zero attached hydrogens (tertiary/aromatic N) is 2. The Morgan fingerprint density at radius 3 is 1.42 bits per heavy atom. The predicted molar refractivity (Wildman–Crippen MR) is 131 cm³/mol. The molecule has 0 saturated carbocycles. The molecule has 0 bridgehead atoms. The van der Waals surface area contributed by atoms with Crippen LogP contribution in [0.2, 0.25) is 20.1 Å². The quantitative estimate of drug-likeness (QED) is 0.296. The van der Waals surface area contributed by atoms with E-state index in [0.29, 0.717) is 42.6 Å². The average molecular weight is 526 g/mol. The summed E-state index contributed by atoms with van der Waals surface area (Å²) in [6.45, 7) is 3.38. The number of carbonyl (C=O) groups excluding carboxylic acids is 2. The molecule has 11 heteroatoms. The molecule has 1 aromatic heterocycles. The fraction of sp³-hybridized carbons (Fsp3) is 0.0909. The van der Waals surface area contributed by atoms with E-state index < -0.39 is 11.8 Å². The van der Waals surface area contributed by atoms with E-state index in [1.807, 2.05) is 0 Å². The zero-order chi connectivity index (χ0) is 24.1. The highest BCUT2D eigenvalue weighted by molar-refractivity contribution is 6.42. The van der Waals surface area contributed by atoms with Crippen molar-refractivity contribution in [1.82, 2.24) is 10.9 Å². The molecule has 0 aliphatic heterocycles. The van der Waals surface area contributed by atoms with Crippen LogP contribution in [0, 0.1) is 0 Å². The second kappa shape index (κ2) is 10.9. The Kier molecular flexibility index (Phi) is 8.15. The third-order valence-corrected chi connectivity index (χ3v) is 5.86. The molecule has 0 atom stereocenters. The minimum Gasteiger partial charge on any atom is -0.446 e. The summed E-state index contributed by atoms with van der Waals surface area (Å²) < 4.78 is 5.31. The molecule has 170 valence electrons. The van der Waals surface area contributed by atoms with Gasteiger partial charge in [0.1, 0.15) is 0 Å². The Hall–Kier alpha value is -2.84. The molecule has 7 nitrogen and oxygen atoms in total. The van der Waals surface area contributed by atoms with E-state index in [1.165, 1.54) is 12.1 Å². The van der Waals surface area contributed by atoms with E-state index in [0.717, 1.165) is 0 Å². The number of benzene rings is 2. The molecule has 0 aliphatic rings. The molecular formula is C22H16Cl4N4O3. The highest BCUT2D eigenvalue weighted by atomic mass is 35.5. The van der Waals surface area contributed by atoms with Crippen LogP contribution in [0.15, 0.2) is 63.2 Å². The molecule has 0 saturated heterocycles.